The van der Waals surface area contributed by atoms with Gasteiger partial charge in [-0.3, -0.25) is 4.90 Å². The molecule has 2 N–H and O–H groups in total. The highest BCUT2D eigenvalue weighted by Crippen LogP contribution is 2.18. The number of hydrogen-bond donors (Lipinski definition) is 2. The van der Waals surface area contributed by atoms with Crippen LogP contribution in [0.1, 0.15) is 19.8 Å². The molecule has 0 aromatic heterocycles. The Bertz CT molecular complexity index is 119. The summed E-state index contributed by atoms with van der Waals surface area (Å²) in [5.41, 5.74) is 0. The van der Waals surface area contributed by atoms with Crippen molar-refractivity contribution >= 4 is 0 Å². The molecule has 0 amide bonds. The maximum atomic E-state index is 8.96. The van der Waals surface area contributed by atoms with Crippen LogP contribution < -0.4 is 0 Å². The molecule has 0 bridgehead atoms. The molecule has 3 heteroatoms. The molecule has 0 radical (unpaired) electrons. The molecule has 1 unspecified atom stereocenters. The fourth-order valence-electron chi connectivity index (χ4n) is 1.74. The number of aliphatic hydroxyl groups is 2. The highest BCUT2D eigenvalue weighted by atomic mass is 16.3. The topological polar surface area (TPSA) is 43.7 Å². The lowest BCUT2D eigenvalue weighted by molar-refractivity contribution is 0.0898. The summed E-state index contributed by atoms with van der Waals surface area (Å²) in [4.78, 5) is 2.18. The van der Waals surface area contributed by atoms with E-state index < -0.39 is 0 Å². The predicted molar refractivity (Wildman–Crippen MR) is 43.4 cm³/mol. The van der Waals surface area contributed by atoms with Crippen molar-refractivity contribution in [3.63, 3.8) is 0 Å². The van der Waals surface area contributed by atoms with Crippen molar-refractivity contribution in [3.8, 4) is 0 Å². The van der Waals surface area contributed by atoms with Crippen LogP contribution >= 0.6 is 0 Å². The Balaban J connectivity index is 2.42. The van der Waals surface area contributed by atoms with Gasteiger partial charge < -0.3 is 10.2 Å². The largest absolute Gasteiger partial charge is 0.395 e. The highest BCUT2D eigenvalue weighted by molar-refractivity contribution is 4.81. The van der Waals surface area contributed by atoms with E-state index in [1.54, 1.807) is 0 Å². The molecule has 0 aromatic rings. The molecule has 0 aliphatic carbocycles. The number of aliphatic hydroxyl groups excluding tert-OH is 2. The van der Waals surface area contributed by atoms with Crippen LogP contribution in [0, 0.1) is 0 Å². The van der Waals surface area contributed by atoms with Gasteiger partial charge in [-0.15, -0.1) is 0 Å². The van der Waals surface area contributed by atoms with Gasteiger partial charge in [-0.05, 0) is 26.3 Å². The summed E-state index contributed by atoms with van der Waals surface area (Å²) in [5, 5.41) is 17.8. The van der Waals surface area contributed by atoms with Crippen LogP contribution in [0.5, 0.6) is 0 Å². The van der Waals surface area contributed by atoms with E-state index in [0.717, 1.165) is 19.4 Å². The van der Waals surface area contributed by atoms with Crippen molar-refractivity contribution in [2.45, 2.75) is 31.8 Å². The lowest BCUT2D eigenvalue weighted by Crippen LogP contribution is -2.41. The Labute approximate surface area is 67.6 Å². The monoisotopic (exact) mass is 159 g/mol. The van der Waals surface area contributed by atoms with Crippen molar-refractivity contribution in [2.75, 3.05) is 19.8 Å². The maximum Gasteiger partial charge on any atom is 0.0587 e. The molecule has 11 heavy (non-hydrogen) atoms. The van der Waals surface area contributed by atoms with Crippen LogP contribution in [0.4, 0.5) is 0 Å². The van der Waals surface area contributed by atoms with E-state index in [4.69, 9.17) is 10.2 Å². The lowest BCUT2D eigenvalue weighted by atomic mass is 10.2. The fourth-order valence-corrected chi connectivity index (χ4v) is 1.74. The van der Waals surface area contributed by atoms with Gasteiger partial charge in [0, 0.05) is 12.1 Å². The van der Waals surface area contributed by atoms with E-state index >= 15 is 0 Å². The molecule has 1 fully saturated rings. The van der Waals surface area contributed by atoms with Gasteiger partial charge in [0.2, 0.25) is 0 Å². The summed E-state index contributed by atoms with van der Waals surface area (Å²) < 4.78 is 0. The van der Waals surface area contributed by atoms with Crippen molar-refractivity contribution in [2.24, 2.45) is 0 Å². The summed E-state index contributed by atoms with van der Waals surface area (Å²) in [7, 11) is 0. The third-order valence-corrected chi connectivity index (χ3v) is 2.46. The normalized spacial score (nSPS) is 29.2. The van der Waals surface area contributed by atoms with Gasteiger partial charge in [-0.25, -0.2) is 0 Å². The first-order valence-corrected chi connectivity index (χ1v) is 4.27. The summed E-state index contributed by atoms with van der Waals surface area (Å²) in [6.45, 7) is 3.43. The SMILES string of the molecule is CC(CO)N1CCC[C@H]1CO. The van der Waals surface area contributed by atoms with Gasteiger partial charge >= 0.3 is 0 Å². The molecule has 1 aliphatic rings. The van der Waals surface area contributed by atoms with Crippen LogP contribution in [0.25, 0.3) is 0 Å². The van der Waals surface area contributed by atoms with E-state index in [9.17, 15) is 0 Å². The first-order valence-electron chi connectivity index (χ1n) is 4.27. The van der Waals surface area contributed by atoms with Crippen molar-refractivity contribution in [3.05, 3.63) is 0 Å². The van der Waals surface area contributed by atoms with Crippen LogP contribution in [-0.4, -0.2) is 47.0 Å². The standard InChI is InChI=1S/C8H17NO2/c1-7(5-10)9-4-2-3-8(9)6-11/h7-8,10-11H,2-6H2,1H3/t7?,8-/m0/s1. The second kappa shape index (κ2) is 4.04. The van der Waals surface area contributed by atoms with Gasteiger partial charge in [0.05, 0.1) is 13.2 Å². The van der Waals surface area contributed by atoms with E-state index in [0.29, 0.717) is 0 Å². The fraction of sp³-hybridized carbons (Fsp3) is 1.00. The molecule has 0 aromatic carbocycles. The van der Waals surface area contributed by atoms with Gasteiger partial charge in [-0.2, -0.15) is 0 Å². The van der Waals surface area contributed by atoms with Gasteiger partial charge in [0.15, 0.2) is 0 Å². The predicted octanol–water partition coefficient (Wildman–Crippen LogP) is -0.176. The lowest BCUT2D eigenvalue weighted by Gasteiger charge is -2.27. The average molecular weight is 159 g/mol. The summed E-state index contributed by atoms with van der Waals surface area (Å²) >= 11 is 0. The molecule has 66 valence electrons. The highest BCUT2D eigenvalue weighted by Gasteiger charge is 2.26. The smallest absolute Gasteiger partial charge is 0.0587 e. The molecule has 0 saturated carbocycles. The third-order valence-electron chi connectivity index (χ3n) is 2.46. The zero-order chi connectivity index (χ0) is 8.27. The molecule has 3 nitrogen and oxygen atoms in total. The number of rotatable bonds is 3. The van der Waals surface area contributed by atoms with Gasteiger partial charge in [0.25, 0.3) is 0 Å². The van der Waals surface area contributed by atoms with Crippen LogP contribution in [0.2, 0.25) is 0 Å². The Morgan fingerprint density at radius 3 is 2.82 bits per heavy atom. The van der Waals surface area contributed by atoms with Crippen molar-refractivity contribution in [1.29, 1.82) is 0 Å². The molecule has 1 saturated heterocycles. The minimum absolute atomic E-state index is 0.191. The van der Waals surface area contributed by atoms with E-state index in [1.807, 2.05) is 6.92 Å². The Hall–Kier alpha value is -0.120. The van der Waals surface area contributed by atoms with Crippen LogP contribution in [-0.2, 0) is 0 Å². The first-order chi connectivity index (χ1) is 5.29. The van der Waals surface area contributed by atoms with E-state index in [1.165, 1.54) is 0 Å². The molecule has 2 atom stereocenters. The van der Waals surface area contributed by atoms with Crippen LogP contribution in [0.3, 0.4) is 0 Å². The molecule has 0 spiro atoms. The Morgan fingerprint density at radius 1 is 1.55 bits per heavy atom. The molecular formula is C8H17NO2. The minimum atomic E-state index is 0.191. The number of nitrogens with zero attached hydrogens (tertiary/aromatic N) is 1. The first kappa shape index (κ1) is 8.97. The van der Waals surface area contributed by atoms with Gasteiger partial charge in [-0.1, -0.05) is 0 Å². The average Bonchev–Trinajstić information content (AvgIpc) is 2.50. The second-order valence-electron chi connectivity index (χ2n) is 3.25. The van der Waals surface area contributed by atoms with Crippen molar-refractivity contribution in [1.82, 2.24) is 4.90 Å². The molecule has 1 aliphatic heterocycles. The quantitative estimate of drug-likeness (QED) is 0.600. The zero-order valence-corrected chi connectivity index (χ0v) is 7.03. The minimum Gasteiger partial charge on any atom is -0.395 e. The van der Waals surface area contributed by atoms with E-state index in [2.05, 4.69) is 4.90 Å². The number of likely N-dealkylation sites (tertiary alicyclic amines) is 1. The number of hydrogen-bond acceptors (Lipinski definition) is 3. The van der Waals surface area contributed by atoms with Gasteiger partial charge in [0.1, 0.15) is 0 Å². The zero-order valence-electron chi connectivity index (χ0n) is 7.03. The summed E-state index contributed by atoms with van der Waals surface area (Å²) in [6.07, 6.45) is 2.22. The Morgan fingerprint density at radius 2 is 2.27 bits per heavy atom. The van der Waals surface area contributed by atoms with Crippen LogP contribution in [0.15, 0.2) is 0 Å². The second-order valence-corrected chi connectivity index (χ2v) is 3.25. The summed E-state index contributed by atoms with van der Waals surface area (Å²) in [5.74, 6) is 0. The summed E-state index contributed by atoms with van der Waals surface area (Å²) in [6, 6.07) is 0.492. The Kier molecular flexibility index (Phi) is 3.30. The molecule has 1 heterocycles. The van der Waals surface area contributed by atoms with E-state index in [-0.39, 0.29) is 25.3 Å². The molecular weight excluding hydrogens is 142 g/mol. The molecule has 1 rings (SSSR count). The maximum absolute atomic E-state index is 8.96. The van der Waals surface area contributed by atoms with Crippen molar-refractivity contribution < 1.29 is 10.2 Å². The third kappa shape index (κ3) is 1.92.